The van der Waals surface area contributed by atoms with E-state index in [4.69, 9.17) is 5.26 Å². The van der Waals surface area contributed by atoms with Crippen molar-refractivity contribution in [3.63, 3.8) is 0 Å². The van der Waals surface area contributed by atoms with Crippen LogP contribution in [0.3, 0.4) is 0 Å². The van der Waals surface area contributed by atoms with E-state index >= 15 is 0 Å². The number of ether oxygens (including phenoxy) is 1. The van der Waals surface area contributed by atoms with Gasteiger partial charge in [-0.1, -0.05) is 0 Å². The number of esters is 1. The maximum absolute atomic E-state index is 13.6. The number of carbonyl (C=O) groups excluding carboxylic acids is 1. The maximum atomic E-state index is 13.6. The quantitative estimate of drug-likeness (QED) is 0.618. The number of aromatic nitrogens is 1. The van der Waals surface area contributed by atoms with E-state index in [1.807, 2.05) is 6.07 Å². The van der Waals surface area contributed by atoms with E-state index in [1.54, 1.807) is 0 Å². The van der Waals surface area contributed by atoms with E-state index in [1.165, 1.54) is 12.3 Å². The third-order valence-corrected chi connectivity index (χ3v) is 3.08. The predicted octanol–water partition coefficient (Wildman–Crippen LogP) is 2.25. The second kappa shape index (κ2) is 4.74. The monoisotopic (exact) mass is 288 g/mol. The standard InChI is InChI=1S/C12H8F4N2O2/c13-8-2-1-3-18-9(8)11(6-17)4-7(5-11)20-10(19)12(14,15)16/h1-3,7H,4-5H2. The van der Waals surface area contributed by atoms with Gasteiger partial charge >= 0.3 is 12.1 Å². The molecule has 0 aromatic carbocycles. The van der Waals surface area contributed by atoms with Crippen LogP contribution >= 0.6 is 0 Å². The van der Waals surface area contributed by atoms with Gasteiger partial charge in [0, 0.05) is 19.0 Å². The zero-order chi connectivity index (χ0) is 15.0. The van der Waals surface area contributed by atoms with Crippen molar-refractivity contribution in [2.75, 3.05) is 0 Å². The SMILES string of the molecule is N#CC1(c2ncccc2F)CC(OC(=O)C(F)(F)F)C1. The second-order valence-corrected chi connectivity index (χ2v) is 4.46. The van der Waals surface area contributed by atoms with Gasteiger partial charge in [0.25, 0.3) is 0 Å². The zero-order valence-electron chi connectivity index (χ0n) is 9.95. The minimum atomic E-state index is -5.08. The van der Waals surface area contributed by atoms with Gasteiger partial charge in [-0.2, -0.15) is 18.4 Å². The lowest BCUT2D eigenvalue weighted by atomic mass is 9.65. The molecular formula is C12H8F4N2O2. The molecule has 0 radical (unpaired) electrons. The van der Waals surface area contributed by atoms with Gasteiger partial charge in [-0.25, -0.2) is 9.18 Å². The molecule has 0 saturated heterocycles. The van der Waals surface area contributed by atoms with Gasteiger partial charge < -0.3 is 4.74 Å². The summed E-state index contributed by atoms with van der Waals surface area (Å²) in [5.41, 5.74) is -1.48. The predicted molar refractivity (Wildman–Crippen MR) is 56.7 cm³/mol. The molecule has 0 N–H and O–H groups in total. The minimum Gasteiger partial charge on any atom is -0.456 e. The van der Waals surface area contributed by atoms with Crippen LogP contribution in [0.4, 0.5) is 17.6 Å². The molecule has 2 rings (SSSR count). The fourth-order valence-corrected chi connectivity index (χ4v) is 2.09. The average molecular weight is 288 g/mol. The Hall–Kier alpha value is -2.17. The molecule has 1 aliphatic carbocycles. The molecule has 106 valence electrons. The molecule has 1 saturated carbocycles. The van der Waals surface area contributed by atoms with Gasteiger partial charge in [0.1, 0.15) is 17.3 Å². The maximum Gasteiger partial charge on any atom is 0.490 e. The van der Waals surface area contributed by atoms with Gasteiger partial charge in [-0.05, 0) is 12.1 Å². The van der Waals surface area contributed by atoms with Crippen LogP contribution in [-0.4, -0.2) is 23.2 Å². The first-order valence-electron chi connectivity index (χ1n) is 5.58. The molecule has 0 atom stereocenters. The molecule has 0 aliphatic heterocycles. The lowest BCUT2D eigenvalue weighted by Gasteiger charge is -2.41. The van der Waals surface area contributed by atoms with E-state index in [2.05, 4.69) is 9.72 Å². The summed E-state index contributed by atoms with van der Waals surface area (Å²) < 4.78 is 53.8. The molecule has 1 heterocycles. The van der Waals surface area contributed by atoms with Gasteiger partial charge in [0.15, 0.2) is 0 Å². The Morgan fingerprint density at radius 2 is 2.15 bits per heavy atom. The van der Waals surface area contributed by atoms with Crippen LogP contribution in [0, 0.1) is 17.1 Å². The van der Waals surface area contributed by atoms with Crippen molar-refractivity contribution in [2.45, 2.75) is 30.5 Å². The third kappa shape index (κ3) is 2.43. The molecule has 20 heavy (non-hydrogen) atoms. The first-order valence-corrected chi connectivity index (χ1v) is 5.58. The largest absolute Gasteiger partial charge is 0.490 e. The number of nitrogens with zero attached hydrogens (tertiary/aromatic N) is 2. The summed E-state index contributed by atoms with van der Waals surface area (Å²) in [6.45, 7) is 0. The Morgan fingerprint density at radius 1 is 1.50 bits per heavy atom. The van der Waals surface area contributed by atoms with Crippen molar-refractivity contribution in [3.8, 4) is 6.07 Å². The molecule has 4 nitrogen and oxygen atoms in total. The first-order chi connectivity index (χ1) is 9.28. The lowest BCUT2D eigenvalue weighted by Crippen LogP contribution is -2.48. The summed E-state index contributed by atoms with van der Waals surface area (Å²) in [5.74, 6) is -3.02. The molecule has 1 fully saturated rings. The van der Waals surface area contributed by atoms with Crippen LogP contribution in [0.1, 0.15) is 18.5 Å². The van der Waals surface area contributed by atoms with E-state index in [-0.39, 0.29) is 18.5 Å². The van der Waals surface area contributed by atoms with Gasteiger partial charge in [0.05, 0.1) is 11.8 Å². The van der Waals surface area contributed by atoms with Crippen LogP contribution in [0.2, 0.25) is 0 Å². The summed E-state index contributed by atoms with van der Waals surface area (Å²) >= 11 is 0. The van der Waals surface area contributed by atoms with Crippen molar-refractivity contribution < 1.29 is 27.1 Å². The first kappa shape index (κ1) is 14.2. The van der Waals surface area contributed by atoms with Crippen LogP contribution in [0.15, 0.2) is 18.3 Å². The topological polar surface area (TPSA) is 63.0 Å². The Labute approximate surface area is 111 Å². The fraction of sp³-hybridized carbons (Fsp3) is 0.417. The fourth-order valence-electron chi connectivity index (χ4n) is 2.09. The molecule has 0 spiro atoms. The minimum absolute atomic E-state index is 0.137. The van der Waals surface area contributed by atoms with Crippen molar-refractivity contribution in [1.29, 1.82) is 5.26 Å². The van der Waals surface area contributed by atoms with Crippen molar-refractivity contribution in [2.24, 2.45) is 0 Å². The number of hydrogen-bond donors (Lipinski definition) is 0. The zero-order valence-corrected chi connectivity index (χ0v) is 9.95. The van der Waals surface area contributed by atoms with E-state index in [0.29, 0.717) is 0 Å². The molecule has 1 aromatic heterocycles. The summed E-state index contributed by atoms with van der Waals surface area (Å²) in [6, 6.07) is 4.28. The Bertz CT molecular complexity index is 574. The summed E-state index contributed by atoms with van der Waals surface area (Å²) in [6.07, 6.45) is -5.28. The van der Waals surface area contributed by atoms with Crippen LogP contribution in [0.5, 0.6) is 0 Å². The van der Waals surface area contributed by atoms with Gasteiger partial charge in [0.2, 0.25) is 0 Å². The number of nitriles is 1. The van der Waals surface area contributed by atoms with E-state index in [0.717, 1.165) is 6.07 Å². The highest BCUT2D eigenvalue weighted by Crippen LogP contribution is 2.45. The summed E-state index contributed by atoms with van der Waals surface area (Å²) in [4.78, 5) is 14.4. The number of alkyl halides is 3. The van der Waals surface area contributed by atoms with Gasteiger partial charge in [-0.3, -0.25) is 4.98 Å². The molecule has 0 bridgehead atoms. The number of carbonyl (C=O) groups is 1. The summed E-state index contributed by atoms with van der Waals surface area (Å²) in [7, 11) is 0. The van der Waals surface area contributed by atoms with E-state index < -0.39 is 29.5 Å². The van der Waals surface area contributed by atoms with Crippen molar-refractivity contribution in [3.05, 3.63) is 29.8 Å². The lowest BCUT2D eigenvalue weighted by molar-refractivity contribution is -0.210. The highest BCUT2D eigenvalue weighted by atomic mass is 19.4. The highest BCUT2D eigenvalue weighted by Gasteiger charge is 2.53. The normalized spacial score (nSPS) is 25.4. The number of halogens is 4. The Balaban J connectivity index is 2.08. The van der Waals surface area contributed by atoms with Crippen LogP contribution in [-0.2, 0) is 14.9 Å². The average Bonchev–Trinajstić information content (AvgIpc) is 2.33. The molecule has 1 aliphatic rings. The number of pyridine rings is 1. The Kier molecular flexibility index (Phi) is 3.38. The number of hydrogen-bond acceptors (Lipinski definition) is 4. The van der Waals surface area contributed by atoms with Crippen LogP contribution in [0.25, 0.3) is 0 Å². The molecule has 0 unspecified atom stereocenters. The van der Waals surface area contributed by atoms with E-state index in [9.17, 15) is 22.4 Å². The van der Waals surface area contributed by atoms with Crippen molar-refractivity contribution in [1.82, 2.24) is 4.98 Å². The Morgan fingerprint density at radius 3 is 2.65 bits per heavy atom. The molecular weight excluding hydrogens is 280 g/mol. The smallest absolute Gasteiger partial charge is 0.456 e. The molecule has 1 aromatic rings. The highest BCUT2D eigenvalue weighted by molar-refractivity contribution is 5.75. The molecule has 8 heteroatoms. The second-order valence-electron chi connectivity index (χ2n) is 4.46. The third-order valence-electron chi connectivity index (χ3n) is 3.08. The summed E-state index contributed by atoms with van der Waals surface area (Å²) in [5, 5.41) is 9.11. The van der Waals surface area contributed by atoms with Crippen LogP contribution < -0.4 is 0 Å². The molecule has 0 amide bonds. The van der Waals surface area contributed by atoms with Gasteiger partial charge in [-0.15, -0.1) is 0 Å². The van der Waals surface area contributed by atoms with Crippen molar-refractivity contribution >= 4 is 5.97 Å². The number of rotatable bonds is 2.